The molecule has 2 amide bonds. The predicted octanol–water partition coefficient (Wildman–Crippen LogP) is 3.42. The Morgan fingerprint density at radius 1 is 1.48 bits per heavy atom. The van der Waals surface area contributed by atoms with E-state index in [-0.39, 0.29) is 18.1 Å². The van der Waals surface area contributed by atoms with E-state index in [9.17, 15) is 9.90 Å². The summed E-state index contributed by atoms with van der Waals surface area (Å²) < 4.78 is 0. The minimum absolute atomic E-state index is 0.118. The van der Waals surface area contributed by atoms with Gasteiger partial charge in [-0.1, -0.05) is 19.4 Å². The van der Waals surface area contributed by atoms with Crippen molar-refractivity contribution in [1.82, 2.24) is 4.90 Å². The van der Waals surface area contributed by atoms with Gasteiger partial charge in [0.2, 0.25) is 0 Å². The number of amides is 2. The topological polar surface area (TPSA) is 52.6 Å². The van der Waals surface area contributed by atoms with E-state index in [1.54, 1.807) is 23.7 Å². The number of thioether (sulfide) groups is 1. The van der Waals surface area contributed by atoms with Gasteiger partial charge in [0.1, 0.15) is 0 Å². The molecule has 5 heteroatoms. The molecule has 116 valence electrons. The fourth-order valence-corrected chi connectivity index (χ4v) is 3.43. The van der Waals surface area contributed by atoms with Crippen molar-refractivity contribution in [2.24, 2.45) is 5.92 Å². The van der Waals surface area contributed by atoms with E-state index < -0.39 is 0 Å². The minimum Gasteiger partial charge on any atom is -0.393 e. The fraction of sp³-hybridized carbons (Fsp3) is 0.562. The Labute approximate surface area is 130 Å². The minimum atomic E-state index is -0.260. The summed E-state index contributed by atoms with van der Waals surface area (Å²) in [4.78, 5) is 15.0. The van der Waals surface area contributed by atoms with Gasteiger partial charge in [-0.05, 0) is 36.8 Å². The lowest BCUT2D eigenvalue weighted by molar-refractivity contribution is 0.116. The van der Waals surface area contributed by atoms with Crippen molar-refractivity contribution < 1.29 is 9.90 Å². The summed E-state index contributed by atoms with van der Waals surface area (Å²) in [6.45, 7) is 2.72. The standard InChI is InChI=1S/C16H24N2O2S/c1-3-21-14-8-5-7-13(10-14)17-16(20)18(2)11-12-6-4-9-15(12)19/h5,7-8,10,12,15,19H,3-4,6,9,11H2,1-2H3,(H,17,20)/t12-,15+/m1/s1. The van der Waals surface area contributed by atoms with Crippen molar-refractivity contribution in [3.63, 3.8) is 0 Å². The van der Waals surface area contributed by atoms with Gasteiger partial charge in [0.05, 0.1) is 6.10 Å². The molecule has 0 aromatic heterocycles. The zero-order chi connectivity index (χ0) is 15.2. The summed E-state index contributed by atoms with van der Waals surface area (Å²) in [5, 5.41) is 12.8. The Morgan fingerprint density at radius 2 is 2.29 bits per heavy atom. The third-order valence-electron chi connectivity index (χ3n) is 3.87. The van der Waals surface area contributed by atoms with Gasteiger partial charge in [-0.25, -0.2) is 4.79 Å². The molecular formula is C16H24N2O2S. The molecule has 0 saturated heterocycles. The second-order valence-corrected chi connectivity index (χ2v) is 6.87. The second-order valence-electron chi connectivity index (χ2n) is 5.53. The number of rotatable bonds is 5. The highest BCUT2D eigenvalue weighted by atomic mass is 32.2. The summed E-state index contributed by atoms with van der Waals surface area (Å²) >= 11 is 1.75. The molecule has 1 aliphatic rings. The summed E-state index contributed by atoms with van der Waals surface area (Å²) in [6.07, 6.45) is 2.65. The van der Waals surface area contributed by atoms with Crippen LogP contribution in [0.1, 0.15) is 26.2 Å². The summed E-state index contributed by atoms with van der Waals surface area (Å²) in [7, 11) is 1.78. The quantitative estimate of drug-likeness (QED) is 0.820. The zero-order valence-electron chi connectivity index (χ0n) is 12.7. The van der Waals surface area contributed by atoms with Crippen LogP contribution >= 0.6 is 11.8 Å². The molecule has 0 radical (unpaired) electrons. The van der Waals surface area contributed by atoms with Crippen LogP contribution in [0.15, 0.2) is 29.2 Å². The monoisotopic (exact) mass is 308 g/mol. The van der Waals surface area contributed by atoms with Crippen molar-refractivity contribution in [3.05, 3.63) is 24.3 Å². The van der Waals surface area contributed by atoms with E-state index in [1.807, 2.05) is 24.3 Å². The number of anilines is 1. The first-order chi connectivity index (χ1) is 10.1. The lowest BCUT2D eigenvalue weighted by Gasteiger charge is -2.23. The van der Waals surface area contributed by atoms with Crippen LogP contribution in [0.3, 0.4) is 0 Å². The second kappa shape index (κ2) is 7.71. The third kappa shape index (κ3) is 4.64. The molecule has 1 aliphatic carbocycles. The highest BCUT2D eigenvalue weighted by Gasteiger charge is 2.27. The molecule has 0 bridgehead atoms. The Bertz CT molecular complexity index is 481. The van der Waals surface area contributed by atoms with Crippen LogP contribution in [-0.4, -0.2) is 41.5 Å². The molecule has 1 fully saturated rings. The van der Waals surface area contributed by atoms with Crippen molar-refractivity contribution in [3.8, 4) is 0 Å². The number of hydrogen-bond acceptors (Lipinski definition) is 3. The Hall–Kier alpha value is -1.20. The van der Waals surface area contributed by atoms with Gasteiger partial charge in [-0.3, -0.25) is 0 Å². The van der Waals surface area contributed by atoms with Crippen molar-refractivity contribution >= 4 is 23.5 Å². The first-order valence-electron chi connectivity index (χ1n) is 7.53. The molecule has 2 atom stereocenters. The molecule has 1 aromatic carbocycles. The maximum absolute atomic E-state index is 12.2. The maximum atomic E-state index is 12.2. The van der Waals surface area contributed by atoms with Gasteiger partial charge in [-0.2, -0.15) is 0 Å². The zero-order valence-corrected chi connectivity index (χ0v) is 13.5. The molecule has 0 unspecified atom stereocenters. The molecule has 0 aliphatic heterocycles. The van der Waals surface area contributed by atoms with Crippen molar-refractivity contribution in [2.75, 3.05) is 24.7 Å². The number of nitrogens with zero attached hydrogens (tertiary/aromatic N) is 1. The average molecular weight is 308 g/mol. The SMILES string of the molecule is CCSc1cccc(NC(=O)N(C)C[C@H]2CCC[C@@H]2O)c1. The molecule has 0 heterocycles. The van der Waals surface area contributed by atoms with Gasteiger partial charge in [0.25, 0.3) is 0 Å². The number of nitrogens with one attached hydrogen (secondary N) is 1. The van der Waals surface area contributed by atoms with Crippen molar-refractivity contribution in [1.29, 1.82) is 0 Å². The highest BCUT2D eigenvalue weighted by molar-refractivity contribution is 7.99. The molecule has 2 rings (SSSR count). The number of benzene rings is 1. The maximum Gasteiger partial charge on any atom is 0.321 e. The van der Waals surface area contributed by atoms with Gasteiger partial charge < -0.3 is 15.3 Å². The molecule has 21 heavy (non-hydrogen) atoms. The van der Waals surface area contributed by atoms with E-state index in [0.29, 0.717) is 6.54 Å². The Kier molecular flexibility index (Phi) is 5.94. The van der Waals surface area contributed by atoms with Gasteiger partial charge >= 0.3 is 6.03 Å². The van der Waals surface area contributed by atoms with Crippen LogP contribution in [-0.2, 0) is 0 Å². The lowest BCUT2D eigenvalue weighted by atomic mass is 10.1. The Balaban J connectivity index is 1.89. The van der Waals surface area contributed by atoms with Gasteiger partial charge in [0, 0.05) is 30.1 Å². The van der Waals surface area contributed by atoms with Crippen LogP contribution in [0, 0.1) is 5.92 Å². The molecule has 4 nitrogen and oxygen atoms in total. The normalized spacial score (nSPS) is 21.3. The first-order valence-corrected chi connectivity index (χ1v) is 8.51. The number of aliphatic hydroxyl groups excluding tert-OH is 1. The van der Waals surface area contributed by atoms with Crippen LogP contribution < -0.4 is 5.32 Å². The number of carbonyl (C=O) groups is 1. The molecule has 0 spiro atoms. The molecule has 2 N–H and O–H groups in total. The van der Waals surface area contributed by atoms with E-state index in [4.69, 9.17) is 0 Å². The third-order valence-corrected chi connectivity index (χ3v) is 4.75. The highest BCUT2D eigenvalue weighted by Crippen LogP contribution is 2.26. The van der Waals surface area contributed by atoms with Gasteiger partial charge in [-0.15, -0.1) is 11.8 Å². The number of urea groups is 1. The molecular weight excluding hydrogens is 284 g/mol. The lowest BCUT2D eigenvalue weighted by Crippen LogP contribution is -2.37. The van der Waals surface area contributed by atoms with Crippen LogP contribution in [0.5, 0.6) is 0 Å². The summed E-state index contributed by atoms with van der Waals surface area (Å²) in [5.41, 5.74) is 0.817. The van der Waals surface area contributed by atoms with E-state index in [2.05, 4.69) is 12.2 Å². The predicted molar refractivity (Wildman–Crippen MR) is 87.8 cm³/mol. The average Bonchev–Trinajstić information content (AvgIpc) is 2.85. The summed E-state index contributed by atoms with van der Waals surface area (Å²) in [5.74, 6) is 1.22. The number of aliphatic hydroxyl groups is 1. The van der Waals surface area contributed by atoms with E-state index in [0.717, 1.165) is 35.6 Å². The molecule has 1 aromatic rings. The van der Waals surface area contributed by atoms with E-state index >= 15 is 0 Å². The fourth-order valence-electron chi connectivity index (χ4n) is 2.71. The van der Waals surface area contributed by atoms with Crippen LogP contribution in [0.2, 0.25) is 0 Å². The number of hydrogen-bond donors (Lipinski definition) is 2. The summed E-state index contributed by atoms with van der Waals surface area (Å²) in [6, 6.07) is 7.77. The smallest absolute Gasteiger partial charge is 0.321 e. The Morgan fingerprint density at radius 3 is 2.95 bits per heavy atom. The molecule has 1 saturated carbocycles. The van der Waals surface area contributed by atoms with Crippen LogP contribution in [0.25, 0.3) is 0 Å². The largest absolute Gasteiger partial charge is 0.393 e. The van der Waals surface area contributed by atoms with Crippen LogP contribution in [0.4, 0.5) is 10.5 Å². The van der Waals surface area contributed by atoms with Gasteiger partial charge in [0.15, 0.2) is 0 Å². The number of carbonyl (C=O) groups excluding carboxylic acids is 1. The van der Waals surface area contributed by atoms with Crippen molar-refractivity contribution in [2.45, 2.75) is 37.2 Å². The van der Waals surface area contributed by atoms with E-state index in [1.165, 1.54) is 0 Å². The first kappa shape index (κ1) is 16.2.